The molecule has 27 heavy (non-hydrogen) atoms. The lowest BCUT2D eigenvalue weighted by atomic mass is 10.2. The summed E-state index contributed by atoms with van der Waals surface area (Å²) >= 11 is 0. The first-order valence-corrected chi connectivity index (χ1v) is 9.31. The molecule has 136 valence electrons. The second-order valence-electron chi connectivity index (χ2n) is 7.02. The average molecular weight is 360 g/mol. The van der Waals surface area contributed by atoms with Crippen molar-refractivity contribution in [3.05, 3.63) is 71.5 Å². The molecule has 1 aliphatic heterocycles. The van der Waals surface area contributed by atoms with Gasteiger partial charge in [0.05, 0.1) is 6.54 Å². The zero-order chi connectivity index (χ0) is 18.2. The molecule has 0 spiro atoms. The molecule has 3 heterocycles. The molecule has 0 radical (unpaired) electrons. The Morgan fingerprint density at radius 2 is 1.89 bits per heavy atom. The Bertz CT molecular complexity index is 979. The first kappa shape index (κ1) is 16.1. The minimum Gasteiger partial charge on any atom is -0.472 e. The third kappa shape index (κ3) is 3.18. The van der Waals surface area contributed by atoms with Crippen LogP contribution in [0.1, 0.15) is 40.5 Å². The fourth-order valence-corrected chi connectivity index (χ4v) is 3.39. The molecular formula is C21H20N4O2. The van der Waals surface area contributed by atoms with Crippen LogP contribution in [-0.2, 0) is 13.2 Å². The van der Waals surface area contributed by atoms with Crippen LogP contribution >= 0.6 is 0 Å². The largest absolute Gasteiger partial charge is 0.472 e. The van der Waals surface area contributed by atoms with Crippen molar-refractivity contribution in [3.63, 3.8) is 0 Å². The number of nitrogens with zero attached hydrogens (tertiary/aromatic N) is 4. The minimum atomic E-state index is -0.0799. The van der Waals surface area contributed by atoms with Crippen molar-refractivity contribution in [2.75, 3.05) is 11.4 Å². The molecule has 1 saturated carbocycles. The van der Waals surface area contributed by atoms with Gasteiger partial charge in [0.25, 0.3) is 5.91 Å². The van der Waals surface area contributed by atoms with E-state index in [1.807, 2.05) is 42.5 Å². The quantitative estimate of drug-likeness (QED) is 0.700. The van der Waals surface area contributed by atoms with E-state index in [4.69, 9.17) is 9.72 Å². The van der Waals surface area contributed by atoms with Crippen molar-refractivity contribution < 1.29 is 9.53 Å². The van der Waals surface area contributed by atoms with Crippen molar-refractivity contribution in [2.45, 2.75) is 31.9 Å². The summed E-state index contributed by atoms with van der Waals surface area (Å²) in [4.78, 5) is 19.4. The summed E-state index contributed by atoms with van der Waals surface area (Å²) in [5, 5.41) is 4.43. The number of carbonyl (C=O) groups is 1. The fraction of sp³-hybridized carbons (Fsp3) is 0.286. The number of benzene rings is 1. The predicted octanol–water partition coefficient (Wildman–Crippen LogP) is 3.39. The lowest BCUT2D eigenvalue weighted by molar-refractivity contribution is 0.0961. The van der Waals surface area contributed by atoms with Crippen molar-refractivity contribution in [2.24, 2.45) is 0 Å². The number of fused-ring (bicyclic) bond motifs is 1. The van der Waals surface area contributed by atoms with Gasteiger partial charge in [0, 0.05) is 24.2 Å². The lowest BCUT2D eigenvalue weighted by Crippen LogP contribution is -2.41. The Kier molecular flexibility index (Phi) is 3.89. The number of pyridine rings is 1. The Morgan fingerprint density at radius 1 is 1.04 bits per heavy atom. The molecule has 1 aliphatic carbocycles. The Hall–Kier alpha value is -3.15. The smallest absolute Gasteiger partial charge is 0.277 e. The summed E-state index contributed by atoms with van der Waals surface area (Å²) in [5.41, 5.74) is 2.70. The van der Waals surface area contributed by atoms with Crippen LogP contribution in [-0.4, -0.2) is 27.2 Å². The van der Waals surface area contributed by atoms with Gasteiger partial charge in [-0.15, -0.1) is 5.10 Å². The van der Waals surface area contributed by atoms with Crippen LogP contribution in [0.2, 0.25) is 0 Å². The second kappa shape index (κ2) is 6.54. The minimum absolute atomic E-state index is 0.0799. The topological polar surface area (TPSA) is 60.2 Å². The standard InChI is InChI=1S/C21H20N4O2/c26-21-18-13-20(27-14-15-5-2-1-3-6-15)23-25(18)12-11-24(21)19-8-4-7-17(22-19)16-9-10-16/h1-8,13,16H,9-12,14H2. The molecule has 2 aromatic heterocycles. The van der Waals surface area contributed by atoms with Gasteiger partial charge in [-0.3, -0.25) is 14.4 Å². The fourth-order valence-electron chi connectivity index (χ4n) is 3.39. The molecule has 5 rings (SSSR count). The van der Waals surface area contributed by atoms with Gasteiger partial charge in [0.15, 0.2) is 0 Å². The highest BCUT2D eigenvalue weighted by molar-refractivity contribution is 6.05. The number of ether oxygens (including phenoxy) is 1. The van der Waals surface area contributed by atoms with Gasteiger partial charge in [-0.05, 0) is 30.5 Å². The molecule has 0 unspecified atom stereocenters. The highest BCUT2D eigenvalue weighted by atomic mass is 16.5. The number of rotatable bonds is 5. The van der Waals surface area contributed by atoms with E-state index in [0.717, 1.165) is 17.1 Å². The third-order valence-corrected chi connectivity index (χ3v) is 5.01. The van der Waals surface area contributed by atoms with Crippen LogP contribution in [0, 0.1) is 0 Å². The molecule has 1 aromatic carbocycles. The van der Waals surface area contributed by atoms with E-state index in [1.54, 1.807) is 15.6 Å². The van der Waals surface area contributed by atoms with Crippen molar-refractivity contribution in [1.29, 1.82) is 0 Å². The predicted molar refractivity (Wildman–Crippen MR) is 101 cm³/mol. The molecule has 2 aliphatic rings. The normalized spacial score (nSPS) is 16.3. The molecule has 0 saturated heterocycles. The maximum atomic E-state index is 13.0. The lowest BCUT2D eigenvalue weighted by Gasteiger charge is -2.26. The Labute approximate surface area is 157 Å². The summed E-state index contributed by atoms with van der Waals surface area (Å²) in [5.74, 6) is 1.68. The summed E-state index contributed by atoms with van der Waals surface area (Å²) in [6.07, 6.45) is 2.39. The van der Waals surface area contributed by atoms with Crippen LogP contribution in [0.15, 0.2) is 54.6 Å². The van der Waals surface area contributed by atoms with Gasteiger partial charge in [-0.2, -0.15) is 0 Å². The molecular weight excluding hydrogens is 340 g/mol. The van der Waals surface area contributed by atoms with Crippen molar-refractivity contribution in [1.82, 2.24) is 14.8 Å². The molecule has 1 fully saturated rings. The molecule has 6 nitrogen and oxygen atoms in total. The van der Waals surface area contributed by atoms with Gasteiger partial charge in [-0.25, -0.2) is 4.98 Å². The van der Waals surface area contributed by atoms with E-state index >= 15 is 0 Å². The molecule has 1 amide bonds. The monoisotopic (exact) mass is 360 g/mol. The number of aromatic nitrogens is 3. The molecule has 0 bridgehead atoms. The zero-order valence-electron chi connectivity index (χ0n) is 14.9. The van der Waals surface area contributed by atoms with Crippen LogP contribution in [0.25, 0.3) is 0 Å². The van der Waals surface area contributed by atoms with E-state index in [-0.39, 0.29) is 5.91 Å². The molecule has 6 heteroatoms. The van der Waals surface area contributed by atoms with E-state index in [9.17, 15) is 4.79 Å². The van der Waals surface area contributed by atoms with Crippen LogP contribution in [0.3, 0.4) is 0 Å². The van der Waals surface area contributed by atoms with Crippen LogP contribution in [0.5, 0.6) is 5.88 Å². The van der Waals surface area contributed by atoms with Gasteiger partial charge in [0.2, 0.25) is 5.88 Å². The van der Waals surface area contributed by atoms with Crippen molar-refractivity contribution in [3.8, 4) is 5.88 Å². The zero-order valence-corrected chi connectivity index (χ0v) is 14.9. The third-order valence-electron chi connectivity index (χ3n) is 5.01. The van der Waals surface area contributed by atoms with Gasteiger partial charge in [-0.1, -0.05) is 36.4 Å². The van der Waals surface area contributed by atoms with E-state index < -0.39 is 0 Å². The van der Waals surface area contributed by atoms with E-state index in [1.165, 1.54) is 12.8 Å². The number of hydrogen-bond acceptors (Lipinski definition) is 4. The summed E-state index contributed by atoms with van der Waals surface area (Å²) < 4.78 is 7.50. The maximum absolute atomic E-state index is 13.0. The Balaban J connectivity index is 1.34. The molecule has 0 N–H and O–H groups in total. The highest BCUT2D eigenvalue weighted by Crippen LogP contribution is 2.39. The number of hydrogen-bond donors (Lipinski definition) is 0. The van der Waals surface area contributed by atoms with Crippen molar-refractivity contribution >= 4 is 11.7 Å². The number of carbonyl (C=O) groups excluding carboxylic acids is 1. The van der Waals surface area contributed by atoms with Gasteiger partial charge < -0.3 is 4.74 Å². The van der Waals surface area contributed by atoms with Crippen LogP contribution < -0.4 is 9.64 Å². The van der Waals surface area contributed by atoms with E-state index in [2.05, 4.69) is 11.2 Å². The number of anilines is 1. The summed E-state index contributed by atoms with van der Waals surface area (Å²) in [7, 11) is 0. The first-order chi connectivity index (χ1) is 13.3. The van der Waals surface area contributed by atoms with Crippen LogP contribution in [0.4, 0.5) is 5.82 Å². The van der Waals surface area contributed by atoms with E-state index in [0.29, 0.717) is 37.2 Å². The average Bonchev–Trinajstić information content (AvgIpc) is 3.47. The molecule has 0 atom stereocenters. The van der Waals surface area contributed by atoms with Gasteiger partial charge in [0.1, 0.15) is 18.1 Å². The number of amides is 1. The van der Waals surface area contributed by atoms with Gasteiger partial charge >= 0.3 is 0 Å². The maximum Gasteiger partial charge on any atom is 0.277 e. The first-order valence-electron chi connectivity index (χ1n) is 9.31. The summed E-state index contributed by atoms with van der Waals surface area (Å²) in [6, 6.07) is 17.6. The SMILES string of the molecule is O=C1c2cc(OCc3ccccc3)nn2CCN1c1cccc(C2CC2)n1. The second-order valence-corrected chi connectivity index (χ2v) is 7.02. The Morgan fingerprint density at radius 3 is 2.70 bits per heavy atom. The summed E-state index contributed by atoms with van der Waals surface area (Å²) in [6.45, 7) is 1.62. The molecule has 3 aromatic rings. The highest BCUT2D eigenvalue weighted by Gasteiger charge is 2.30.